The van der Waals surface area contributed by atoms with Crippen molar-refractivity contribution in [1.29, 1.82) is 0 Å². The average molecular weight is 342 g/mol. The summed E-state index contributed by atoms with van der Waals surface area (Å²) in [5.74, 6) is 0.0502. The Balaban J connectivity index is 2.23. The highest BCUT2D eigenvalue weighted by atomic mass is 79.9. The molecule has 0 atom stereocenters. The number of Topliss-reactive ketones (excluding diaryl/α,β-unsaturated/α-hetero) is 1. The molecule has 0 amide bonds. The summed E-state index contributed by atoms with van der Waals surface area (Å²) in [6, 6.07) is 7.17. The van der Waals surface area contributed by atoms with E-state index < -0.39 is 0 Å². The number of carbonyl (C=O) groups excluding carboxylic acids is 1. The number of halogens is 2. The molecule has 1 aromatic heterocycles. The third-order valence-corrected chi connectivity index (χ3v) is 3.85. The van der Waals surface area contributed by atoms with Gasteiger partial charge < -0.3 is 0 Å². The molecular weight excluding hydrogens is 328 g/mol. The van der Waals surface area contributed by atoms with E-state index >= 15 is 0 Å². The van der Waals surface area contributed by atoms with Gasteiger partial charge >= 0.3 is 0 Å². The van der Waals surface area contributed by atoms with Crippen LogP contribution in [0.3, 0.4) is 0 Å². The lowest BCUT2D eigenvalue weighted by atomic mass is 10.1. The van der Waals surface area contributed by atoms with Crippen LogP contribution in [0.15, 0.2) is 28.7 Å². The van der Waals surface area contributed by atoms with Crippen molar-refractivity contribution in [3.05, 3.63) is 50.7 Å². The minimum absolute atomic E-state index is 0.0502. The Morgan fingerprint density at radius 2 is 2.16 bits per heavy atom. The number of hydrogen-bond donors (Lipinski definition) is 0. The lowest BCUT2D eigenvalue weighted by Gasteiger charge is -2.04. The zero-order chi connectivity index (χ0) is 14.0. The first-order chi connectivity index (χ1) is 9.01. The molecule has 0 fully saturated rings. The highest BCUT2D eigenvalue weighted by Crippen LogP contribution is 2.23. The molecule has 2 rings (SSSR count). The summed E-state index contributed by atoms with van der Waals surface area (Å²) in [5, 5.41) is 4.95. The van der Waals surface area contributed by atoms with Crippen molar-refractivity contribution < 1.29 is 4.79 Å². The Morgan fingerprint density at radius 3 is 2.74 bits per heavy atom. The maximum absolute atomic E-state index is 12.3. The maximum atomic E-state index is 12.3. The second-order valence-electron chi connectivity index (χ2n) is 4.33. The third kappa shape index (κ3) is 3.25. The summed E-state index contributed by atoms with van der Waals surface area (Å²) in [7, 11) is 1.86. The van der Waals surface area contributed by atoms with Gasteiger partial charge in [-0.3, -0.25) is 9.48 Å². The van der Waals surface area contributed by atoms with Crippen LogP contribution < -0.4 is 0 Å². The van der Waals surface area contributed by atoms with Gasteiger partial charge in [-0.05, 0) is 46.6 Å². The lowest BCUT2D eigenvalue weighted by molar-refractivity contribution is 0.0990. The third-order valence-electron chi connectivity index (χ3n) is 2.96. The highest BCUT2D eigenvalue weighted by Gasteiger charge is 2.14. The van der Waals surface area contributed by atoms with E-state index in [1.165, 1.54) is 0 Å². The normalized spacial score (nSPS) is 10.7. The van der Waals surface area contributed by atoms with Crippen molar-refractivity contribution in [2.75, 3.05) is 0 Å². The van der Waals surface area contributed by atoms with Gasteiger partial charge in [0.25, 0.3) is 0 Å². The lowest BCUT2D eigenvalue weighted by Crippen LogP contribution is -2.08. The molecule has 19 heavy (non-hydrogen) atoms. The Labute approximate surface area is 125 Å². The van der Waals surface area contributed by atoms with Gasteiger partial charge in [0.2, 0.25) is 0 Å². The van der Waals surface area contributed by atoms with Crippen LogP contribution in [0.2, 0.25) is 5.02 Å². The second kappa shape index (κ2) is 5.88. The zero-order valence-corrected chi connectivity index (χ0v) is 13.1. The second-order valence-corrected chi connectivity index (χ2v) is 5.62. The molecule has 5 heteroatoms. The molecule has 0 N–H and O–H groups in total. The van der Waals surface area contributed by atoms with Crippen LogP contribution in [0, 0.1) is 0 Å². The molecular formula is C14H14BrClN2O. The predicted octanol–water partition coefficient (Wildman–Crippen LogP) is 3.82. The summed E-state index contributed by atoms with van der Waals surface area (Å²) >= 11 is 9.24. The van der Waals surface area contributed by atoms with Crippen molar-refractivity contribution in [2.45, 2.75) is 19.8 Å². The standard InChI is InChI=1S/C14H14BrClN2O/c1-3-10-7-11(18(2)17-10)8-14(19)12-5-4-9(16)6-13(12)15/h4-7H,3,8H2,1-2H3. The number of rotatable bonds is 4. The predicted molar refractivity (Wildman–Crippen MR) is 79.8 cm³/mol. The van der Waals surface area contributed by atoms with E-state index in [1.54, 1.807) is 22.9 Å². The number of aromatic nitrogens is 2. The zero-order valence-electron chi connectivity index (χ0n) is 10.8. The summed E-state index contributed by atoms with van der Waals surface area (Å²) < 4.78 is 2.49. The van der Waals surface area contributed by atoms with Crippen LogP contribution in [0.25, 0.3) is 0 Å². The van der Waals surface area contributed by atoms with Crippen molar-refractivity contribution in [3.63, 3.8) is 0 Å². The van der Waals surface area contributed by atoms with Crippen LogP contribution in [0.4, 0.5) is 0 Å². The molecule has 0 spiro atoms. The fraction of sp³-hybridized carbons (Fsp3) is 0.286. The Bertz CT molecular complexity index is 622. The van der Waals surface area contributed by atoms with Gasteiger partial charge in [0.1, 0.15) is 0 Å². The number of carbonyl (C=O) groups is 1. The van der Waals surface area contributed by atoms with Crippen LogP contribution in [-0.2, 0) is 19.9 Å². The molecule has 0 bridgehead atoms. The Hall–Kier alpha value is -1.13. The molecule has 0 aliphatic heterocycles. The summed E-state index contributed by atoms with van der Waals surface area (Å²) in [5.41, 5.74) is 2.56. The topological polar surface area (TPSA) is 34.9 Å². The van der Waals surface area contributed by atoms with E-state index in [0.29, 0.717) is 17.0 Å². The molecule has 0 aliphatic carbocycles. The molecule has 3 nitrogen and oxygen atoms in total. The molecule has 0 radical (unpaired) electrons. The van der Waals surface area contributed by atoms with Crippen molar-refractivity contribution in [1.82, 2.24) is 9.78 Å². The van der Waals surface area contributed by atoms with E-state index in [9.17, 15) is 4.79 Å². The Morgan fingerprint density at radius 1 is 1.42 bits per heavy atom. The molecule has 2 aromatic rings. The molecule has 1 heterocycles. The quantitative estimate of drug-likeness (QED) is 0.792. The summed E-state index contributed by atoms with van der Waals surface area (Å²) in [6.07, 6.45) is 1.20. The van der Waals surface area contributed by atoms with Crippen molar-refractivity contribution in [2.24, 2.45) is 7.05 Å². The largest absolute Gasteiger partial charge is 0.294 e. The number of benzene rings is 1. The van der Waals surface area contributed by atoms with Crippen LogP contribution >= 0.6 is 27.5 Å². The van der Waals surface area contributed by atoms with Gasteiger partial charge in [0.05, 0.1) is 12.1 Å². The van der Waals surface area contributed by atoms with E-state index in [4.69, 9.17) is 11.6 Å². The fourth-order valence-electron chi connectivity index (χ4n) is 1.89. The SMILES string of the molecule is CCc1cc(CC(=O)c2ccc(Cl)cc2Br)n(C)n1. The average Bonchev–Trinajstić information content (AvgIpc) is 2.70. The van der Waals surface area contributed by atoms with Gasteiger partial charge in [-0.1, -0.05) is 18.5 Å². The van der Waals surface area contributed by atoms with E-state index in [1.807, 2.05) is 20.0 Å². The molecule has 0 saturated carbocycles. The van der Waals surface area contributed by atoms with Crippen LogP contribution in [-0.4, -0.2) is 15.6 Å². The monoisotopic (exact) mass is 340 g/mol. The summed E-state index contributed by atoms with van der Waals surface area (Å²) in [4.78, 5) is 12.3. The first-order valence-electron chi connectivity index (χ1n) is 6.01. The van der Waals surface area contributed by atoms with Crippen LogP contribution in [0.1, 0.15) is 28.7 Å². The number of hydrogen-bond acceptors (Lipinski definition) is 2. The van der Waals surface area contributed by atoms with Gasteiger partial charge in [0.15, 0.2) is 5.78 Å². The minimum atomic E-state index is 0.0502. The van der Waals surface area contributed by atoms with Gasteiger partial charge in [0, 0.05) is 27.8 Å². The van der Waals surface area contributed by atoms with E-state index in [2.05, 4.69) is 21.0 Å². The number of aryl methyl sites for hydroxylation is 2. The van der Waals surface area contributed by atoms with Gasteiger partial charge in [-0.15, -0.1) is 0 Å². The Kier molecular flexibility index (Phi) is 4.42. The molecule has 0 unspecified atom stereocenters. The van der Waals surface area contributed by atoms with E-state index in [0.717, 1.165) is 22.3 Å². The first-order valence-corrected chi connectivity index (χ1v) is 7.18. The molecule has 0 saturated heterocycles. The molecule has 100 valence electrons. The van der Waals surface area contributed by atoms with Crippen molar-refractivity contribution >= 4 is 33.3 Å². The smallest absolute Gasteiger partial charge is 0.169 e. The molecule has 0 aliphatic rings. The van der Waals surface area contributed by atoms with E-state index in [-0.39, 0.29) is 5.78 Å². The van der Waals surface area contributed by atoms with Crippen molar-refractivity contribution in [3.8, 4) is 0 Å². The maximum Gasteiger partial charge on any atom is 0.169 e. The molecule has 1 aromatic carbocycles. The first kappa shape index (κ1) is 14.3. The number of nitrogens with zero attached hydrogens (tertiary/aromatic N) is 2. The minimum Gasteiger partial charge on any atom is -0.294 e. The van der Waals surface area contributed by atoms with Gasteiger partial charge in [-0.2, -0.15) is 5.10 Å². The van der Waals surface area contributed by atoms with Crippen LogP contribution in [0.5, 0.6) is 0 Å². The highest BCUT2D eigenvalue weighted by molar-refractivity contribution is 9.10. The number of ketones is 1. The van der Waals surface area contributed by atoms with Gasteiger partial charge in [-0.25, -0.2) is 0 Å². The fourth-order valence-corrected chi connectivity index (χ4v) is 2.79. The summed E-state index contributed by atoms with van der Waals surface area (Å²) in [6.45, 7) is 2.05.